The van der Waals surface area contributed by atoms with E-state index in [0.29, 0.717) is 6.04 Å². The molecule has 1 aliphatic heterocycles. The van der Waals surface area contributed by atoms with E-state index >= 15 is 0 Å². The number of aromatic nitrogens is 2. The lowest BCUT2D eigenvalue weighted by molar-refractivity contribution is 0.545. The molecule has 0 aliphatic carbocycles. The number of rotatable bonds is 4. The number of hydrogen-bond acceptors (Lipinski definition) is 3. The lowest BCUT2D eigenvalue weighted by Crippen LogP contribution is -2.32. The number of anilines is 1. The van der Waals surface area contributed by atoms with Crippen LogP contribution in [0.4, 0.5) is 5.69 Å². The van der Waals surface area contributed by atoms with Crippen molar-refractivity contribution in [3.8, 4) is 0 Å². The fraction of sp³-hybridized carbons (Fsp3) is 0.357. The zero-order valence-electron chi connectivity index (χ0n) is 10.6. The fourth-order valence-corrected chi connectivity index (χ4v) is 2.66. The maximum absolute atomic E-state index is 6.04. The van der Waals surface area contributed by atoms with E-state index in [2.05, 4.69) is 26.5 Å². The van der Waals surface area contributed by atoms with Gasteiger partial charge in [0.2, 0.25) is 0 Å². The normalized spacial score (nSPS) is 19.0. The largest absolute Gasteiger partial charge is 0.370 e. The highest BCUT2D eigenvalue weighted by Crippen LogP contribution is 2.23. The van der Waals surface area contributed by atoms with E-state index in [4.69, 9.17) is 11.6 Å². The second-order valence-electron chi connectivity index (χ2n) is 4.87. The number of halogens is 1. The van der Waals surface area contributed by atoms with Crippen molar-refractivity contribution in [2.24, 2.45) is 0 Å². The summed E-state index contributed by atoms with van der Waals surface area (Å²) in [6.45, 7) is 2.93. The number of benzene rings is 1. The standard InChI is InChI=1S/C14H17ClN4/c15-11-2-1-3-14(8-11)19-7-5-13(10-19)16-9-12-4-6-17-18-12/h1-4,6,8,13,16H,5,7,9-10H2,(H,17,18)/t13-/m1/s1. The number of nitrogens with one attached hydrogen (secondary N) is 2. The molecule has 0 unspecified atom stereocenters. The third-order valence-corrected chi connectivity index (χ3v) is 3.74. The van der Waals surface area contributed by atoms with Crippen LogP contribution in [0.3, 0.4) is 0 Å². The van der Waals surface area contributed by atoms with Crippen molar-refractivity contribution >= 4 is 17.3 Å². The molecule has 1 aromatic heterocycles. The van der Waals surface area contributed by atoms with Crippen molar-refractivity contribution in [3.63, 3.8) is 0 Å². The smallest absolute Gasteiger partial charge is 0.0490 e. The maximum atomic E-state index is 6.04. The Morgan fingerprint density at radius 2 is 2.37 bits per heavy atom. The molecule has 1 aromatic carbocycles. The van der Waals surface area contributed by atoms with Crippen LogP contribution in [0.25, 0.3) is 0 Å². The molecule has 1 fully saturated rings. The highest BCUT2D eigenvalue weighted by Gasteiger charge is 2.22. The Balaban J connectivity index is 1.55. The first kappa shape index (κ1) is 12.5. The van der Waals surface area contributed by atoms with E-state index in [1.807, 2.05) is 24.3 Å². The maximum Gasteiger partial charge on any atom is 0.0490 e. The van der Waals surface area contributed by atoms with Gasteiger partial charge in [0, 0.05) is 48.3 Å². The van der Waals surface area contributed by atoms with Crippen LogP contribution < -0.4 is 10.2 Å². The van der Waals surface area contributed by atoms with Crippen LogP contribution in [-0.2, 0) is 6.54 Å². The van der Waals surface area contributed by atoms with Crippen LogP contribution in [0.15, 0.2) is 36.5 Å². The topological polar surface area (TPSA) is 44.0 Å². The zero-order valence-corrected chi connectivity index (χ0v) is 11.4. The van der Waals surface area contributed by atoms with Gasteiger partial charge in [-0.25, -0.2) is 0 Å². The second-order valence-corrected chi connectivity index (χ2v) is 5.31. The molecule has 0 saturated carbocycles. The molecule has 0 amide bonds. The average molecular weight is 277 g/mol. The molecule has 19 heavy (non-hydrogen) atoms. The summed E-state index contributed by atoms with van der Waals surface area (Å²) >= 11 is 6.04. The molecule has 5 heteroatoms. The summed E-state index contributed by atoms with van der Waals surface area (Å²) in [5.74, 6) is 0. The van der Waals surface area contributed by atoms with Crippen LogP contribution in [-0.4, -0.2) is 29.3 Å². The summed E-state index contributed by atoms with van der Waals surface area (Å²) in [5.41, 5.74) is 2.33. The van der Waals surface area contributed by atoms with Gasteiger partial charge in [0.1, 0.15) is 0 Å². The third kappa shape index (κ3) is 3.08. The van der Waals surface area contributed by atoms with Gasteiger partial charge in [-0.05, 0) is 30.7 Å². The Kier molecular flexibility index (Phi) is 3.71. The van der Waals surface area contributed by atoms with Crippen molar-refractivity contribution in [2.75, 3.05) is 18.0 Å². The first-order valence-electron chi connectivity index (χ1n) is 6.53. The summed E-state index contributed by atoms with van der Waals surface area (Å²) in [4.78, 5) is 2.37. The van der Waals surface area contributed by atoms with Crippen LogP contribution in [0.5, 0.6) is 0 Å². The molecule has 1 aliphatic rings. The van der Waals surface area contributed by atoms with Gasteiger partial charge in [-0.15, -0.1) is 0 Å². The predicted octanol–water partition coefficient (Wildman–Crippen LogP) is 2.43. The molecular formula is C14H17ClN4. The number of nitrogens with zero attached hydrogens (tertiary/aromatic N) is 2. The lowest BCUT2D eigenvalue weighted by Gasteiger charge is -2.19. The first-order chi connectivity index (χ1) is 9.31. The van der Waals surface area contributed by atoms with Crippen molar-refractivity contribution in [2.45, 2.75) is 19.0 Å². The van der Waals surface area contributed by atoms with E-state index in [-0.39, 0.29) is 0 Å². The summed E-state index contributed by atoms with van der Waals surface area (Å²) < 4.78 is 0. The van der Waals surface area contributed by atoms with Gasteiger partial charge in [-0.2, -0.15) is 5.10 Å². The molecule has 100 valence electrons. The second kappa shape index (κ2) is 5.63. The monoisotopic (exact) mass is 276 g/mol. The Morgan fingerprint density at radius 1 is 1.42 bits per heavy atom. The van der Waals surface area contributed by atoms with Gasteiger partial charge >= 0.3 is 0 Å². The van der Waals surface area contributed by atoms with Gasteiger partial charge in [0.25, 0.3) is 0 Å². The van der Waals surface area contributed by atoms with Crippen LogP contribution in [0.1, 0.15) is 12.1 Å². The molecule has 0 spiro atoms. The van der Waals surface area contributed by atoms with Crippen LogP contribution in [0.2, 0.25) is 5.02 Å². The molecule has 1 atom stereocenters. The van der Waals surface area contributed by atoms with Gasteiger partial charge in [0.05, 0.1) is 0 Å². The van der Waals surface area contributed by atoms with Crippen molar-refractivity contribution < 1.29 is 0 Å². The molecular weight excluding hydrogens is 260 g/mol. The quantitative estimate of drug-likeness (QED) is 0.901. The summed E-state index contributed by atoms with van der Waals surface area (Å²) in [5, 5.41) is 11.3. The highest BCUT2D eigenvalue weighted by atomic mass is 35.5. The van der Waals surface area contributed by atoms with Crippen LogP contribution >= 0.6 is 11.6 Å². The van der Waals surface area contributed by atoms with Crippen molar-refractivity contribution in [1.82, 2.24) is 15.5 Å². The molecule has 2 heterocycles. The van der Waals surface area contributed by atoms with Gasteiger partial charge in [-0.1, -0.05) is 17.7 Å². The third-order valence-electron chi connectivity index (χ3n) is 3.50. The Morgan fingerprint density at radius 3 is 3.16 bits per heavy atom. The van der Waals surface area contributed by atoms with E-state index in [9.17, 15) is 0 Å². The molecule has 0 radical (unpaired) electrons. The van der Waals surface area contributed by atoms with E-state index in [0.717, 1.165) is 36.8 Å². The van der Waals surface area contributed by atoms with Crippen molar-refractivity contribution in [1.29, 1.82) is 0 Å². The Bertz CT molecular complexity index is 526. The summed E-state index contributed by atoms with van der Waals surface area (Å²) in [7, 11) is 0. The number of hydrogen-bond donors (Lipinski definition) is 2. The van der Waals surface area contributed by atoms with Gasteiger partial charge in [-0.3, -0.25) is 5.10 Å². The molecule has 2 N–H and O–H groups in total. The first-order valence-corrected chi connectivity index (χ1v) is 6.91. The zero-order chi connectivity index (χ0) is 13.1. The molecule has 3 rings (SSSR count). The summed E-state index contributed by atoms with van der Waals surface area (Å²) in [6, 6.07) is 10.6. The van der Waals surface area contributed by atoms with Crippen LogP contribution in [0, 0.1) is 0 Å². The minimum absolute atomic E-state index is 0.516. The molecule has 2 aromatic rings. The fourth-order valence-electron chi connectivity index (χ4n) is 2.47. The van der Waals surface area contributed by atoms with E-state index in [1.54, 1.807) is 6.20 Å². The Hall–Kier alpha value is -1.52. The minimum atomic E-state index is 0.516. The average Bonchev–Trinajstić information content (AvgIpc) is 3.08. The predicted molar refractivity (Wildman–Crippen MR) is 77.5 cm³/mol. The lowest BCUT2D eigenvalue weighted by atomic mass is 10.2. The minimum Gasteiger partial charge on any atom is -0.370 e. The van der Waals surface area contributed by atoms with Crippen molar-refractivity contribution in [3.05, 3.63) is 47.2 Å². The SMILES string of the molecule is Clc1cccc(N2CC[C@@H](NCc3ccn[nH]3)C2)c1. The number of aromatic amines is 1. The molecule has 4 nitrogen and oxygen atoms in total. The molecule has 1 saturated heterocycles. The highest BCUT2D eigenvalue weighted by molar-refractivity contribution is 6.30. The van der Waals surface area contributed by atoms with Gasteiger partial charge in [0.15, 0.2) is 0 Å². The van der Waals surface area contributed by atoms with E-state index < -0.39 is 0 Å². The Labute approximate surface area is 117 Å². The summed E-state index contributed by atoms with van der Waals surface area (Å²) in [6.07, 6.45) is 2.94. The van der Waals surface area contributed by atoms with E-state index in [1.165, 1.54) is 5.69 Å². The molecule has 0 bridgehead atoms. The van der Waals surface area contributed by atoms with Gasteiger partial charge < -0.3 is 10.2 Å². The number of H-pyrrole nitrogens is 1.